The minimum Gasteiger partial charge on any atom is -0.227 e. The van der Waals surface area contributed by atoms with Crippen LogP contribution in [0, 0.1) is 0 Å². The molecule has 0 unspecified atom stereocenters. The van der Waals surface area contributed by atoms with Gasteiger partial charge in [-0.1, -0.05) is 19.3 Å². The minimum absolute atomic E-state index is 0.337. The summed E-state index contributed by atoms with van der Waals surface area (Å²) >= 11 is 0. The fourth-order valence-corrected chi connectivity index (χ4v) is 11.0. The second kappa shape index (κ2) is 5.09. The SMILES string of the molecule is CS(=O)(=O)C(S(C)(=O)=O)S(=O)(=O)C1CCCCC1. The van der Waals surface area contributed by atoms with Gasteiger partial charge in [0.2, 0.25) is 0 Å². The third-order valence-corrected chi connectivity index (χ3v) is 12.1. The van der Waals surface area contributed by atoms with Crippen LogP contribution < -0.4 is 0 Å². The minimum atomic E-state index is -4.22. The molecule has 0 aromatic rings. The standard InChI is InChI=1S/C9H18O6S3/c1-16(10,11)9(17(2,12)13)18(14,15)8-6-4-3-5-7-8/h8-9H,3-7H2,1-2H3. The van der Waals surface area contributed by atoms with Crippen molar-refractivity contribution in [3.05, 3.63) is 0 Å². The second-order valence-corrected chi connectivity index (χ2v) is 12.3. The van der Waals surface area contributed by atoms with E-state index in [9.17, 15) is 25.3 Å². The van der Waals surface area contributed by atoms with Gasteiger partial charge in [0.15, 0.2) is 29.5 Å². The van der Waals surface area contributed by atoms with Crippen LogP contribution >= 0.6 is 0 Å². The summed E-state index contributed by atoms with van der Waals surface area (Å²) in [7, 11) is -12.6. The molecule has 1 rings (SSSR count). The smallest absolute Gasteiger partial charge is 0.227 e. The highest BCUT2D eigenvalue weighted by Crippen LogP contribution is 2.29. The van der Waals surface area contributed by atoms with Gasteiger partial charge in [-0.3, -0.25) is 0 Å². The maximum atomic E-state index is 12.2. The highest BCUT2D eigenvalue weighted by Gasteiger charge is 2.47. The van der Waals surface area contributed by atoms with Gasteiger partial charge < -0.3 is 0 Å². The van der Waals surface area contributed by atoms with Crippen molar-refractivity contribution in [3.8, 4) is 0 Å². The van der Waals surface area contributed by atoms with Crippen LogP contribution in [0.2, 0.25) is 0 Å². The third kappa shape index (κ3) is 3.45. The summed E-state index contributed by atoms with van der Waals surface area (Å²) in [5, 5.41) is -0.860. The van der Waals surface area contributed by atoms with Gasteiger partial charge >= 0.3 is 0 Å². The topological polar surface area (TPSA) is 102 Å². The Morgan fingerprint density at radius 1 is 0.778 bits per heavy atom. The predicted molar refractivity (Wildman–Crippen MR) is 69.3 cm³/mol. The molecule has 0 aromatic carbocycles. The fourth-order valence-electron chi connectivity index (χ4n) is 2.36. The Bertz CT molecular complexity index is 561. The molecule has 1 saturated carbocycles. The van der Waals surface area contributed by atoms with Gasteiger partial charge in [0.1, 0.15) is 0 Å². The first-order valence-corrected chi connectivity index (χ1v) is 11.1. The summed E-state index contributed by atoms with van der Waals surface area (Å²) in [6.45, 7) is 0. The van der Waals surface area contributed by atoms with Crippen molar-refractivity contribution in [3.63, 3.8) is 0 Å². The van der Waals surface area contributed by atoms with E-state index < -0.39 is 38.7 Å². The molecular weight excluding hydrogens is 300 g/mol. The van der Waals surface area contributed by atoms with Crippen LogP contribution in [0.25, 0.3) is 0 Å². The van der Waals surface area contributed by atoms with Crippen molar-refractivity contribution in [2.45, 2.75) is 41.3 Å². The lowest BCUT2D eigenvalue weighted by Gasteiger charge is -2.25. The van der Waals surface area contributed by atoms with Crippen molar-refractivity contribution in [1.82, 2.24) is 0 Å². The largest absolute Gasteiger partial charge is 0.262 e. The zero-order chi connectivity index (χ0) is 14.2. The zero-order valence-electron chi connectivity index (χ0n) is 10.4. The Balaban J connectivity index is 3.29. The first-order chi connectivity index (χ1) is 7.97. The van der Waals surface area contributed by atoms with Crippen LogP contribution in [-0.2, 0) is 29.5 Å². The molecule has 0 aromatic heterocycles. The van der Waals surface area contributed by atoms with Crippen molar-refractivity contribution in [2.75, 3.05) is 12.5 Å². The predicted octanol–water partition coefficient (Wildman–Crippen LogP) is 0.107. The molecule has 0 radical (unpaired) electrons. The number of hydrogen-bond acceptors (Lipinski definition) is 6. The van der Waals surface area contributed by atoms with Crippen molar-refractivity contribution >= 4 is 29.5 Å². The molecule has 1 aliphatic rings. The van der Waals surface area contributed by atoms with Crippen LogP contribution in [0.15, 0.2) is 0 Å². The average molecular weight is 318 g/mol. The quantitative estimate of drug-likeness (QED) is 0.729. The molecule has 0 amide bonds. The van der Waals surface area contributed by atoms with E-state index in [1.165, 1.54) is 0 Å². The average Bonchev–Trinajstić information content (AvgIpc) is 2.13. The first kappa shape index (κ1) is 15.9. The van der Waals surface area contributed by atoms with Crippen molar-refractivity contribution < 1.29 is 25.3 Å². The van der Waals surface area contributed by atoms with E-state index in [4.69, 9.17) is 0 Å². The van der Waals surface area contributed by atoms with Gasteiger partial charge in [0.25, 0.3) is 3.91 Å². The third-order valence-electron chi connectivity index (χ3n) is 2.98. The van der Waals surface area contributed by atoms with Crippen LogP contribution in [0.4, 0.5) is 0 Å². The summed E-state index contributed by atoms with van der Waals surface area (Å²) in [4.78, 5) is 0. The lowest BCUT2D eigenvalue weighted by Crippen LogP contribution is -2.42. The summed E-state index contributed by atoms with van der Waals surface area (Å²) in [5.74, 6) is 0. The van der Waals surface area contributed by atoms with Gasteiger partial charge in [-0.15, -0.1) is 0 Å². The Morgan fingerprint density at radius 2 is 1.17 bits per heavy atom. The Kier molecular flexibility index (Phi) is 4.49. The molecule has 1 aliphatic carbocycles. The molecule has 1 fully saturated rings. The summed E-state index contributed by atoms with van der Waals surface area (Å²) in [6, 6.07) is 0. The molecule has 0 saturated heterocycles. The molecule has 9 heteroatoms. The Morgan fingerprint density at radius 3 is 1.50 bits per heavy atom. The van der Waals surface area contributed by atoms with Crippen LogP contribution in [0.3, 0.4) is 0 Å². The molecule has 0 aliphatic heterocycles. The maximum Gasteiger partial charge on any atom is 0.262 e. The van der Waals surface area contributed by atoms with E-state index in [0.29, 0.717) is 38.2 Å². The van der Waals surface area contributed by atoms with E-state index in [1.54, 1.807) is 0 Å². The van der Waals surface area contributed by atoms with E-state index >= 15 is 0 Å². The van der Waals surface area contributed by atoms with Gasteiger partial charge in [-0.2, -0.15) is 0 Å². The number of sulfone groups is 3. The van der Waals surface area contributed by atoms with E-state index in [0.717, 1.165) is 6.42 Å². The lowest BCUT2D eigenvalue weighted by molar-refractivity contribution is 0.483. The normalized spacial score (nSPS) is 20.2. The van der Waals surface area contributed by atoms with E-state index in [2.05, 4.69) is 0 Å². The molecule has 108 valence electrons. The second-order valence-electron chi connectivity index (χ2n) is 4.80. The van der Waals surface area contributed by atoms with Crippen LogP contribution in [0.1, 0.15) is 32.1 Å². The highest BCUT2D eigenvalue weighted by atomic mass is 32.3. The molecule has 0 atom stereocenters. The lowest BCUT2D eigenvalue weighted by atomic mass is 10.0. The van der Waals surface area contributed by atoms with Crippen LogP contribution in [0.5, 0.6) is 0 Å². The zero-order valence-corrected chi connectivity index (χ0v) is 12.8. The first-order valence-electron chi connectivity index (χ1n) is 5.58. The highest BCUT2D eigenvalue weighted by molar-refractivity contribution is 8.24. The van der Waals surface area contributed by atoms with Gasteiger partial charge in [0, 0.05) is 12.5 Å². The van der Waals surface area contributed by atoms with E-state index in [-0.39, 0.29) is 0 Å². The Hall–Kier alpha value is -0.150. The summed E-state index contributed by atoms with van der Waals surface area (Å²) in [5.41, 5.74) is 0. The summed E-state index contributed by atoms with van der Waals surface area (Å²) in [6.07, 6.45) is 4.24. The Labute approximate surface area is 109 Å². The number of rotatable bonds is 4. The molecule has 0 N–H and O–H groups in total. The van der Waals surface area contributed by atoms with Crippen molar-refractivity contribution in [2.24, 2.45) is 0 Å². The molecule has 0 heterocycles. The monoisotopic (exact) mass is 318 g/mol. The van der Waals surface area contributed by atoms with Crippen molar-refractivity contribution in [1.29, 1.82) is 0 Å². The number of hydrogen-bond donors (Lipinski definition) is 0. The molecule has 0 bridgehead atoms. The van der Waals surface area contributed by atoms with Gasteiger partial charge in [-0.25, -0.2) is 25.3 Å². The molecule has 18 heavy (non-hydrogen) atoms. The van der Waals surface area contributed by atoms with Gasteiger partial charge in [0.05, 0.1) is 5.25 Å². The molecule has 0 spiro atoms. The maximum absolute atomic E-state index is 12.2. The molecule has 6 nitrogen and oxygen atoms in total. The van der Waals surface area contributed by atoms with Crippen LogP contribution in [-0.4, -0.2) is 46.9 Å². The van der Waals surface area contributed by atoms with E-state index in [1.807, 2.05) is 0 Å². The van der Waals surface area contributed by atoms with Gasteiger partial charge in [-0.05, 0) is 12.8 Å². The summed E-state index contributed by atoms with van der Waals surface area (Å²) < 4.78 is 68.2. The molecular formula is C9H18O6S3. The fraction of sp³-hybridized carbons (Fsp3) is 1.00.